The van der Waals surface area contributed by atoms with Crippen LogP contribution < -0.4 is 10.1 Å². The van der Waals surface area contributed by atoms with Crippen molar-refractivity contribution in [1.82, 2.24) is 14.8 Å². The molecule has 1 aromatic heterocycles. The second-order valence-electron chi connectivity index (χ2n) is 7.03. The number of halogens is 1. The van der Waals surface area contributed by atoms with E-state index in [1.54, 1.807) is 13.2 Å². The Kier molecular flexibility index (Phi) is 6.78. The zero-order valence-electron chi connectivity index (χ0n) is 17.6. The number of carbonyl (C=O) groups excluding carboxylic acids is 1. The first-order valence-corrected chi connectivity index (χ1v) is 11.3. The number of amides is 1. The Morgan fingerprint density at radius 2 is 1.84 bits per heavy atom. The van der Waals surface area contributed by atoms with Gasteiger partial charge in [-0.3, -0.25) is 9.36 Å². The summed E-state index contributed by atoms with van der Waals surface area (Å²) < 4.78 is 7.13. The number of aromatic nitrogens is 3. The topological polar surface area (TPSA) is 69.0 Å². The molecule has 1 N–H and O–H groups in total. The Morgan fingerprint density at radius 3 is 2.59 bits per heavy atom. The van der Waals surface area contributed by atoms with E-state index in [2.05, 4.69) is 15.5 Å². The number of carbonyl (C=O) groups is 1. The summed E-state index contributed by atoms with van der Waals surface area (Å²) in [5.41, 5.74) is 3.49. The number of nitrogens with one attached hydrogen (secondary N) is 1. The maximum absolute atomic E-state index is 12.6. The van der Waals surface area contributed by atoms with Gasteiger partial charge in [-0.25, -0.2) is 0 Å². The zero-order chi connectivity index (χ0) is 22.5. The van der Waals surface area contributed by atoms with Gasteiger partial charge in [0.15, 0.2) is 11.0 Å². The fourth-order valence-electron chi connectivity index (χ4n) is 3.14. The lowest BCUT2D eigenvalue weighted by molar-refractivity contribution is -0.113. The molecule has 0 atom stereocenters. The largest absolute Gasteiger partial charge is 0.497 e. The normalized spacial score (nSPS) is 10.7. The number of hydrogen-bond donors (Lipinski definition) is 1. The zero-order valence-corrected chi connectivity index (χ0v) is 19.2. The molecule has 0 aliphatic heterocycles. The van der Waals surface area contributed by atoms with Crippen molar-refractivity contribution in [2.24, 2.45) is 0 Å². The number of benzene rings is 3. The Balaban J connectivity index is 1.60. The predicted octanol–water partition coefficient (Wildman–Crippen LogP) is 5.64. The molecule has 6 nitrogen and oxygen atoms in total. The Labute approximate surface area is 195 Å². The molecule has 0 unspecified atom stereocenters. The van der Waals surface area contributed by atoms with Crippen molar-refractivity contribution in [3.63, 3.8) is 0 Å². The van der Waals surface area contributed by atoms with Crippen molar-refractivity contribution in [3.05, 3.63) is 83.4 Å². The summed E-state index contributed by atoms with van der Waals surface area (Å²) in [7, 11) is 1.59. The number of methoxy groups -OCH3 is 1. The highest BCUT2D eigenvalue weighted by atomic mass is 35.5. The first kappa shape index (κ1) is 21.9. The van der Waals surface area contributed by atoms with Crippen molar-refractivity contribution in [3.8, 4) is 22.8 Å². The molecule has 0 aliphatic carbocycles. The fourth-order valence-corrected chi connectivity index (χ4v) is 4.11. The van der Waals surface area contributed by atoms with E-state index in [1.165, 1.54) is 11.8 Å². The van der Waals surface area contributed by atoms with Crippen molar-refractivity contribution < 1.29 is 9.53 Å². The second kappa shape index (κ2) is 9.89. The second-order valence-corrected chi connectivity index (χ2v) is 8.38. The quantitative estimate of drug-likeness (QED) is 0.359. The highest BCUT2D eigenvalue weighted by molar-refractivity contribution is 7.99. The van der Waals surface area contributed by atoms with E-state index in [0.29, 0.717) is 27.4 Å². The summed E-state index contributed by atoms with van der Waals surface area (Å²) in [4.78, 5) is 12.6. The molecule has 3 aromatic carbocycles. The number of thioether (sulfide) groups is 1. The summed E-state index contributed by atoms with van der Waals surface area (Å²) in [6, 6.07) is 22.8. The Morgan fingerprint density at radius 1 is 1.06 bits per heavy atom. The SMILES string of the molecule is COc1cccc(NC(=O)CSc2nnc(-c3ccccc3Cl)n2-c2ccc(C)cc2)c1. The van der Waals surface area contributed by atoms with E-state index < -0.39 is 0 Å². The highest BCUT2D eigenvalue weighted by Crippen LogP contribution is 2.32. The van der Waals surface area contributed by atoms with Crippen LogP contribution in [0.4, 0.5) is 5.69 Å². The van der Waals surface area contributed by atoms with Crippen LogP contribution in [0, 0.1) is 6.92 Å². The molecule has 32 heavy (non-hydrogen) atoms. The summed E-state index contributed by atoms with van der Waals surface area (Å²) in [6.45, 7) is 2.03. The van der Waals surface area contributed by atoms with Gasteiger partial charge in [0.2, 0.25) is 5.91 Å². The monoisotopic (exact) mass is 464 g/mol. The molecule has 1 amide bonds. The number of rotatable bonds is 7. The van der Waals surface area contributed by atoms with Gasteiger partial charge in [0.25, 0.3) is 0 Å². The first-order valence-electron chi connectivity index (χ1n) is 9.89. The third-order valence-electron chi connectivity index (χ3n) is 4.73. The van der Waals surface area contributed by atoms with Crippen LogP contribution in [0.3, 0.4) is 0 Å². The molecule has 4 rings (SSSR count). The van der Waals surface area contributed by atoms with Gasteiger partial charge in [0.05, 0.1) is 17.9 Å². The lowest BCUT2D eigenvalue weighted by Crippen LogP contribution is -2.14. The lowest BCUT2D eigenvalue weighted by Gasteiger charge is -2.12. The van der Waals surface area contributed by atoms with E-state index in [9.17, 15) is 4.79 Å². The number of hydrogen-bond acceptors (Lipinski definition) is 5. The van der Waals surface area contributed by atoms with Gasteiger partial charge >= 0.3 is 0 Å². The van der Waals surface area contributed by atoms with E-state index in [0.717, 1.165) is 16.8 Å². The predicted molar refractivity (Wildman–Crippen MR) is 129 cm³/mol. The molecule has 8 heteroatoms. The van der Waals surface area contributed by atoms with Gasteiger partial charge < -0.3 is 10.1 Å². The van der Waals surface area contributed by atoms with Gasteiger partial charge in [-0.1, -0.05) is 59.3 Å². The van der Waals surface area contributed by atoms with E-state index >= 15 is 0 Å². The fraction of sp³-hybridized carbons (Fsp3) is 0.125. The number of anilines is 1. The number of aryl methyl sites for hydroxylation is 1. The number of nitrogens with zero attached hydrogens (tertiary/aromatic N) is 3. The molecular formula is C24H21ClN4O2S. The van der Waals surface area contributed by atoms with Crippen molar-refractivity contribution in [2.45, 2.75) is 12.1 Å². The summed E-state index contributed by atoms with van der Waals surface area (Å²) in [6.07, 6.45) is 0. The molecule has 0 aliphatic rings. The van der Waals surface area contributed by atoms with Crippen LogP contribution in [-0.2, 0) is 4.79 Å². The minimum Gasteiger partial charge on any atom is -0.497 e. The van der Waals surface area contributed by atoms with E-state index in [1.807, 2.05) is 78.2 Å². The van der Waals surface area contributed by atoms with Gasteiger partial charge in [-0.2, -0.15) is 0 Å². The Bertz CT molecular complexity index is 1240. The van der Waals surface area contributed by atoms with E-state index in [4.69, 9.17) is 16.3 Å². The van der Waals surface area contributed by atoms with Crippen molar-refractivity contribution in [1.29, 1.82) is 0 Å². The molecule has 4 aromatic rings. The molecule has 0 fully saturated rings. The summed E-state index contributed by atoms with van der Waals surface area (Å²) in [5, 5.41) is 12.8. The van der Waals surface area contributed by atoms with Gasteiger partial charge in [-0.15, -0.1) is 10.2 Å². The molecule has 162 valence electrons. The van der Waals surface area contributed by atoms with Crippen LogP contribution >= 0.6 is 23.4 Å². The van der Waals surface area contributed by atoms with E-state index in [-0.39, 0.29) is 11.7 Å². The van der Waals surface area contributed by atoms with Crippen LogP contribution in [0.2, 0.25) is 5.02 Å². The maximum atomic E-state index is 12.6. The first-order chi connectivity index (χ1) is 15.5. The third kappa shape index (κ3) is 4.95. The van der Waals surface area contributed by atoms with Crippen molar-refractivity contribution >= 4 is 35.0 Å². The minimum atomic E-state index is -0.152. The molecule has 0 saturated heterocycles. The van der Waals surface area contributed by atoms with Crippen LogP contribution in [0.5, 0.6) is 5.75 Å². The van der Waals surface area contributed by atoms with Crippen LogP contribution in [0.15, 0.2) is 78.0 Å². The van der Waals surface area contributed by atoms with Gasteiger partial charge in [0, 0.05) is 23.0 Å². The smallest absolute Gasteiger partial charge is 0.234 e. The number of ether oxygens (including phenoxy) is 1. The molecule has 0 bridgehead atoms. The molecule has 0 radical (unpaired) electrons. The summed E-state index contributed by atoms with van der Waals surface area (Å²) in [5.74, 6) is 1.32. The standard InChI is InChI=1S/C24H21ClN4O2S/c1-16-10-12-18(13-11-16)29-23(20-8-3-4-9-21(20)25)27-28-24(29)32-15-22(30)26-17-6-5-7-19(14-17)31-2/h3-14H,15H2,1-2H3,(H,26,30). The molecule has 1 heterocycles. The average Bonchev–Trinajstić information content (AvgIpc) is 3.22. The van der Waals surface area contributed by atoms with Crippen LogP contribution in [0.25, 0.3) is 17.1 Å². The maximum Gasteiger partial charge on any atom is 0.234 e. The van der Waals surface area contributed by atoms with Gasteiger partial charge in [-0.05, 0) is 43.3 Å². The molecule has 0 spiro atoms. The van der Waals surface area contributed by atoms with Gasteiger partial charge in [0.1, 0.15) is 5.75 Å². The molecule has 0 saturated carbocycles. The average molecular weight is 465 g/mol. The van der Waals surface area contributed by atoms with Crippen LogP contribution in [-0.4, -0.2) is 33.5 Å². The minimum absolute atomic E-state index is 0.152. The highest BCUT2D eigenvalue weighted by Gasteiger charge is 2.19. The Hall–Kier alpha value is -3.29. The third-order valence-corrected chi connectivity index (χ3v) is 5.98. The van der Waals surface area contributed by atoms with Crippen molar-refractivity contribution in [2.75, 3.05) is 18.2 Å². The van der Waals surface area contributed by atoms with Crippen LogP contribution in [0.1, 0.15) is 5.56 Å². The lowest BCUT2D eigenvalue weighted by atomic mass is 10.2. The molecular weight excluding hydrogens is 444 g/mol. The summed E-state index contributed by atoms with van der Waals surface area (Å²) >= 11 is 7.74.